The third kappa shape index (κ3) is 1.82. The minimum Gasteiger partial charge on any atom is -0.0599 e. The lowest BCUT2D eigenvalue weighted by molar-refractivity contribution is 0.346. The minimum atomic E-state index is 0.283. The Morgan fingerprint density at radius 1 is 0.864 bits per heavy atom. The molecule has 4 rings (SSSR count). The first-order valence-corrected chi connectivity index (χ1v) is 8.52. The first kappa shape index (κ1) is 14.1. The highest BCUT2D eigenvalue weighted by atomic mass is 14.6. The van der Waals surface area contributed by atoms with Crippen LogP contribution in [0.25, 0.3) is 11.1 Å². The molecule has 0 nitrogen and oxygen atoms in total. The first-order valence-electron chi connectivity index (χ1n) is 8.52. The van der Waals surface area contributed by atoms with E-state index in [1.165, 1.54) is 35.1 Å². The van der Waals surface area contributed by atoms with Gasteiger partial charge in [-0.15, -0.1) is 0 Å². The molecule has 0 bridgehead atoms. The molecule has 2 aliphatic carbocycles. The van der Waals surface area contributed by atoms with Gasteiger partial charge in [-0.3, -0.25) is 0 Å². The summed E-state index contributed by atoms with van der Waals surface area (Å²) in [7, 11) is 0. The summed E-state index contributed by atoms with van der Waals surface area (Å²) in [5, 5.41) is 0. The van der Waals surface area contributed by atoms with Crippen molar-refractivity contribution >= 4 is 0 Å². The second kappa shape index (κ2) is 4.25. The Morgan fingerprint density at radius 3 is 2.23 bits per heavy atom. The van der Waals surface area contributed by atoms with Crippen LogP contribution in [-0.4, -0.2) is 0 Å². The van der Waals surface area contributed by atoms with Gasteiger partial charge in [0, 0.05) is 5.41 Å². The van der Waals surface area contributed by atoms with Gasteiger partial charge < -0.3 is 0 Å². The molecule has 0 unspecified atom stereocenters. The Labute approximate surface area is 134 Å². The molecule has 2 aromatic rings. The van der Waals surface area contributed by atoms with E-state index in [0.29, 0.717) is 11.3 Å². The Hall–Kier alpha value is -1.56. The molecular formula is C22H26. The molecule has 0 heterocycles. The summed E-state index contributed by atoms with van der Waals surface area (Å²) in [6.45, 7) is 11.9. The molecule has 0 radical (unpaired) electrons. The van der Waals surface area contributed by atoms with Crippen LogP contribution in [0.4, 0.5) is 0 Å². The van der Waals surface area contributed by atoms with Crippen LogP contribution in [0.5, 0.6) is 0 Å². The summed E-state index contributed by atoms with van der Waals surface area (Å²) in [6, 6.07) is 14.1. The van der Waals surface area contributed by atoms with E-state index in [9.17, 15) is 0 Å². The van der Waals surface area contributed by atoms with Gasteiger partial charge in [0.1, 0.15) is 0 Å². The Bertz CT molecular complexity index is 766. The Morgan fingerprint density at radius 2 is 1.50 bits per heavy atom. The highest BCUT2D eigenvalue weighted by Gasteiger charge is 2.52. The lowest BCUT2D eigenvalue weighted by Crippen LogP contribution is -2.30. The van der Waals surface area contributed by atoms with Crippen molar-refractivity contribution in [2.45, 2.75) is 58.8 Å². The summed E-state index contributed by atoms with van der Waals surface area (Å²) in [5.74, 6) is 0.659. The van der Waals surface area contributed by atoms with E-state index in [2.05, 4.69) is 71.0 Å². The Kier molecular flexibility index (Phi) is 2.72. The standard InChI is InChI=1S/C22H26/c1-14-6-8-16-17-9-7-15(2)11-19(17)22(5)13-21(3,4)12-20(22)18(16)10-14/h6-11,20H,12-13H2,1-5H3/t20-,22+/m1/s1. The number of rotatable bonds is 0. The lowest BCUT2D eigenvalue weighted by atomic mass is 9.63. The van der Waals surface area contributed by atoms with Crippen molar-refractivity contribution in [1.29, 1.82) is 0 Å². The molecule has 22 heavy (non-hydrogen) atoms. The molecule has 114 valence electrons. The molecule has 0 spiro atoms. The largest absolute Gasteiger partial charge is 0.0599 e. The average molecular weight is 290 g/mol. The molecule has 0 N–H and O–H groups in total. The minimum absolute atomic E-state index is 0.283. The van der Waals surface area contributed by atoms with Crippen LogP contribution in [0, 0.1) is 19.3 Å². The normalized spacial score (nSPS) is 28.0. The predicted octanol–water partition coefficient (Wildman–Crippen LogP) is 6.15. The van der Waals surface area contributed by atoms with Crippen LogP contribution in [0.3, 0.4) is 0 Å². The molecule has 1 fully saturated rings. The van der Waals surface area contributed by atoms with Crippen LogP contribution < -0.4 is 0 Å². The fourth-order valence-corrected chi connectivity index (χ4v) is 5.28. The maximum atomic E-state index is 2.51. The van der Waals surface area contributed by atoms with Gasteiger partial charge in [0.2, 0.25) is 0 Å². The second-order valence-electron chi connectivity index (χ2n) is 8.65. The quantitative estimate of drug-likeness (QED) is 0.546. The third-order valence-electron chi connectivity index (χ3n) is 6.03. The summed E-state index contributed by atoms with van der Waals surface area (Å²) in [4.78, 5) is 0. The molecule has 0 heteroatoms. The number of hydrogen-bond donors (Lipinski definition) is 0. The monoisotopic (exact) mass is 290 g/mol. The predicted molar refractivity (Wildman–Crippen MR) is 94.5 cm³/mol. The van der Waals surface area contributed by atoms with E-state index in [-0.39, 0.29) is 5.41 Å². The smallest absolute Gasteiger partial charge is 0.000508 e. The third-order valence-corrected chi connectivity index (χ3v) is 6.03. The highest BCUT2D eigenvalue weighted by molar-refractivity contribution is 5.77. The van der Waals surface area contributed by atoms with Crippen molar-refractivity contribution in [3.63, 3.8) is 0 Å². The second-order valence-corrected chi connectivity index (χ2v) is 8.65. The van der Waals surface area contributed by atoms with Gasteiger partial charge in [-0.05, 0) is 60.3 Å². The van der Waals surface area contributed by atoms with Crippen LogP contribution >= 0.6 is 0 Å². The van der Waals surface area contributed by atoms with E-state index < -0.39 is 0 Å². The molecule has 0 aromatic heterocycles. The van der Waals surface area contributed by atoms with Crippen LogP contribution in [-0.2, 0) is 5.41 Å². The van der Waals surface area contributed by atoms with Gasteiger partial charge in [0.25, 0.3) is 0 Å². The zero-order chi connectivity index (χ0) is 15.7. The van der Waals surface area contributed by atoms with Crippen molar-refractivity contribution < 1.29 is 0 Å². The van der Waals surface area contributed by atoms with Crippen LogP contribution in [0.2, 0.25) is 0 Å². The van der Waals surface area contributed by atoms with E-state index in [1.54, 1.807) is 11.1 Å². The first-order chi connectivity index (χ1) is 10.3. The SMILES string of the molecule is Cc1ccc2c(c1)[C@H]1CC(C)(C)C[C@@]1(C)c1cc(C)ccc1-2. The van der Waals surface area contributed by atoms with E-state index in [1.807, 2.05) is 0 Å². The molecule has 2 aromatic carbocycles. The van der Waals surface area contributed by atoms with E-state index >= 15 is 0 Å². The lowest BCUT2D eigenvalue weighted by Gasteiger charge is -2.40. The number of hydrogen-bond acceptors (Lipinski definition) is 0. The summed E-state index contributed by atoms with van der Waals surface area (Å²) >= 11 is 0. The van der Waals surface area contributed by atoms with Crippen molar-refractivity contribution in [3.05, 3.63) is 58.7 Å². The van der Waals surface area contributed by atoms with Gasteiger partial charge in [-0.25, -0.2) is 0 Å². The van der Waals surface area contributed by atoms with Crippen molar-refractivity contribution in [1.82, 2.24) is 0 Å². The van der Waals surface area contributed by atoms with E-state index in [0.717, 1.165) is 0 Å². The van der Waals surface area contributed by atoms with Crippen LogP contribution in [0.1, 0.15) is 61.8 Å². The topological polar surface area (TPSA) is 0 Å². The number of fused-ring (bicyclic) bond motifs is 6. The fourth-order valence-electron chi connectivity index (χ4n) is 5.28. The fraction of sp³-hybridized carbons (Fsp3) is 0.455. The molecule has 0 aliphatic heterocycles. The van der Waals surface area contributed by atoms with Crippen molar-refractivity contribution in [2.75, 3.05) is 0 Å². The highest BCUT2D eigenvalue weighted by Crippen LogP contribution is 2.63. The average Bonchev–Trinajstić information content (AvgIpc) is 2.70. The van der Waals surface area contributed by atoms with Gasteiger partial charge in [0.05, 0.1) is 0 Å². The van der Waals surface area contributed by atoms with Gasteiger partial charge >= 0.3 is 0 Å². The van der Waals surface area contributed by atoms with Crippen molar-refractivity contribution in [2.24, 2.45) is 5.41 Å². The molecule has 0 amide bonds. The van der Waals surface area contributed by atoms with Gasteiger partial charge in [-0.1, -0.05) is 68.3 Å². The summed E-state index contributed by atoms with van der Waals surface area (Å²) < 4.78 is 0. The molecule has 2 atom stereocenters. The van der Waals surface area contributed by atoms with Crippen molar-refractivity contribution in [3.8, 4) is 11.1 Å². The molecule has 0 saturated heterocycles. The van der Waals surface area contributed by atoms with E-state index in [4.69, 9.17) is 0 Å². The summed E-state index contributed by atoms with van der Waals surface area (Å²) in [6.07, 6.45) is 2.59. The maximum Gasteiger partial charge on any atom is 0.000508 e. The number of aryl methyl sites for hydroxylation is 2. The van der Waals surface area contributed by atoms with Gasteiger partial charge in [0.15, 0.2) is 0 Å². The zero-order valence-corrected chi connectivity index (χ0v) is 14.5. The zero-order valence-electron chi connectivity index (χ0n) is 14.5. The number of benzene rings is 2. The maximum absolute atomic E-state index is 2.51. The Balaban J connectivity index is 2.06. The van der Waals surface area contributed by atoms with Crippen LogP contribution in [0.15, 0.2) is 36.4 Å². The molecule has 2 aliphatic rings. The molecular weight excluding hydrogens is 264 g/mol. The molecule has 1 saturated carbocycles. The van der Waals surface area contributed by atoms with Gasteiger partial charge in [-0.2, -0.15) is 0 Å². The summed E-state index contributed by atoms with van der Waals surface area (Å²) in [5.41, 5.74) is 9.60.